The van der Waals surface area contributed by atoms with E-state index in [0.717, 1.165) is 74.2 Å². The summed E-state index contributed by atoms with van der Waals surface area (Å²) in [5.41, 5.74) is 0. The highest BCUT2D eigenvalue weighted by molar-refractivity contribution is 5.79. The zero-order valence-corrected chi connectivity index (χ0v) is 32.6. The van der Waals surface area contributed by atoms with Gasteiger partial charge >= 0.3 is 23.9 Å². The highest BCUT2D eigenvalue weighted by atomic mass is 16.6. The molecule has 0 aromatic carbocycles. The van der Waals surface area contributed by atoms with Gasteiger partial charge < -0.3 is 28.8 Å². The Morgan fingerprint density at radius 1 is 0.667 bits per heavy atom. The van der Waals surface area contributed by atoms with Crippen molar-refractivity contribution in [2.75, 3.05) is 13.7 Å². The number of carbonyl (C=O) groups excluding carboxylic acids is 4. The van der Waals surface area contributed by atoms with Crippen molar-refractivity contribution in [3.05, 3.63) is 0 Å². The number of carbonyl (C=O) groups is 5. The van der Waals surface area contributed by atoms with Gasteiger partial charge in [-0.15, -0.1) is 0 Å². The third kappa shape index (κ3) is 12.2. The van der Waals surface area contributed by atoms with Crippen molar-refractivity contribution in [2.45, 2.75) is 202 Å². The van der Waals surface area contributed by atoms with Gasteiger partial charge in [0, 0.05) is 18.8 Å². The Labute approximate surface area is 386 Å². The minimum absolute atomic E-state index is 0. The summed E-state index contributed by atoms with van der Waals surface area (Å²) in [4.78, 5) is 60.4. The Balaban J connectivity index is 0. The van der Waals surface area contributed by atoms with Crippen LogP contribution in [0.2, 0.25) is 0 Å². The van der Waals surface area contributed by atoms with Crippen molar-refractivity contribution in [1.82, 2.24) is 0 Å². The second-order valence-corrected chi connectivity index (χ2v) is 19.1. The van der Waals surface area contributed by atoms with Gasteiger partial charge in [-0.05, 0) is 137 Å². The lowest BCUT2D eigenvalue weighted by atomic mass is 9.70. The topological polar surface area (TPSA) is 155 Å². The van der Waals surface area contributed by atoms with Crippen LogP contribution in [0.5, 0.6) is 0 Å². The first-order chi connectivity index (χ1) is 25.9. The number of ether oxygens (including phenoxy) is 5. The summed E-state index contributed by atoms with van der Waals surface area (Å²) >= 11 is 0. The number of esters is 4. The molecule has 2 aliphatic heterocycles. The average Bonchev–Trinajstić information content (AvgIpc) is 3.93. The summed E-state index contributed by atoms with van der Waals surface area (Å²) in [6.45, 7) is 5.89. The van der Waals surface area contributed by atoms with Gasteiger partial charge in [0.1, 0.15) is 18.3 Å². The van der Waals surface area contributed by atoms with Crippen molar-refractivity contribution in [3.8, 4) is 0 Å². The Hall–Kier alpha value is -2.69. The van der Waals surface area contributed by atoms with Gasteiger partial charge in [-0.2, -0.15) is 0 Å². The van der Waals surface area contributed by atoms with Gasteiger partial charge in [0.25, 0.3) is 5.97 Å². The molecule has 10 aliphatic rings. The Morgan fingerprint density at radius 3 is 1.83 bits per heavy atom. The van der Waals surface area contributed by atoms with Gasteiger partial charge in [0.05, 0.1) is 43.5 Å². The smallest absolute Gasteiger partial charge is 0.309 e. The van der Waals surface area contributed by atoms with Crippen molar-refractivity contribution in [3.63, 3.8) is 0 Å². The fourth-order valence-corrected chi connectivity index (χ4v) is 14.0. The quantitative estimate of drug-likeness (QED) is 0.0911. The number of methoxy groups -OCH3 is 1. The normalized spacial score (nSPS) is 38.3. The van der Waals surface area contributed by atoms with Crippen LogP contribution in [0.3, 0.4) is 0 Å². The van der Waals surface area contributed by atoms with E-state index >= 15 is 0 Å². The maximum absolute atomic E-state index is 13.3. The van der Waals surface area contributed by atoms with Crippen LogP contribution in [-0.2, 0) is 47.7 Å². The monoisotopic (exact) mass is 899 g/mol. The molecule has 19 atom stereocenters. The molecule has 10 rings (SSSR count). The summed E-state index contributed by atoms with van der Waals surface area (Å²) in [6.07, 6.45) is 15.0. The number of aliphatic carboxylic acids is 1. The van der Waals surface area contributed by atoms with Crippen molar-refractivity contribution >= 4 is 29.8 Å². The molecule has 0 radical (unpaired) electrons. The van der Waals surface area contributed by atoms with Crippen LogP contribution >= 0.6 is 0 Å². The van der Waals surface area contributed by atoms with E-state index in [1.165, 1.54) is 58.5 Å². The van der Waals surface area contributed by atoms with E-state index in [1.54, 1.807) is 0 Å². The van der Waals surface area contributed by atoms with Gasteiger partial charge in [-0.25, -0.2) is 0 Å². The van der Waals surface area contributed by atoms with E-state index in [4.69, 9.17) is 33.6 Å². The lowest BCUT2D eigenvalue weighted by Gasteiger charge is -2.38. The molecule has 2 saturated heterocycles. The minimum atomic E-state index is -0.833. The summed E-state index contributed by atoms with van der Waals surface area (Å²) < 4.78 is 28.1. The molecule has 2 heterocycles. The van der Waals surface area contributed by atoms with Crippen LogP contribution in [0.1, 0.15) is 178 Å². The molecule has 10 fully saturated rings. The standard InChI is InChI=1S/C32H44O8.C9H14O.C2H4O2.9CH4/c1-4-15(31(35)39-27-19-11-21-22(12-19)32(36)40-28(21)27)8-20(30(34)37-3)7-14(2)29(33)38-24-13-18-10-23(24)26-17-6-5-16(9-17)25(18)26;1-2-7-3-6(1)4-8(7)9-5-10-9;1-2(3)4;;;;;;;;;/h14-28H,4-13H2,1-3H3;6-9H,1-5H2;1H3,(H,3,4);9*1H4. The number of fused-ring (bicyclic) bond motifs is 12. The first-order valence-corrected chi connectivity index (χ1v) is 21.4. The third-order valence-corrected chi connectivity index (χ3v) is 16.2. The third-order valence-electron chi connectivity index (χ3n) is 16.2. The molecule has 0 amide bonds. The molecule has 0 aromatic rings. The molecule has 8 aliphatic carbocycles. The first kappa shape index (κ1) is 62.4. The highest BCUT2D eigenvalue weighted by Gasteiger charge is 2.64. The zero-order chi connectivity index (χ0) is 38.0. The second-order valence-electron chi connectivity index (χ2n) is 19.1. The van der Waals surface area contributed by atoms with E-state index in [9.17, 15) is 19.2 Å². The van der Waals surface area contributed by atoms with Crippen molar-refractivity contribution in [2.24, 2.45) is 88.8 Å². The van der Waals surface area contributed by atoms with Crippen LogP contribution < -0.4 is 0 Å². The predicted octanol–water partition coefficient (Wildman–Crippen LogP) is 12.0. The first-order valence-electron chi connectivity index (χ1n) is 21.4. The molecule has 11 heteroatoms. The molecule has 63 heavy (non-hydrogen) atoms. The zero-order valence-electron chi connectivity index (χ0n) is 32.6. The molecular weight excluding hydrogens is 801 g/mol. The van der Waals surface area contributed by atoms with Gasteiger partial charge in [-0.3, -0.25) is 24.0 Å². The van der Waals surface area contributed by atoms with Crippen molar-refractivity contribution in [1.29, 1.82) is 0 Å². The van der Waals surface area contributed by atoms with Gasteiger partial charge in [-0.1, -0.05) is 87.1 Å². The molecule has 8 bridgehead atoms. The number of epoxide rings is 1. The SMILES string of the molecule is C.C.C.C.C.C.C.C.C.C1CC2CC1CC2C1CO1.CC(=O)O.CCC(CC(CC(C)C(=O)OC1CC2CC1C1C3CCC(C3)C21)C(=O)OC)C(=O)OC1C2CC3C(=O)OC1C3C2. The Kier molecular flexibility index (Phi) is 25.0. The number of carboxylic acids is 1. The summed E-state index contributed by atoms with van der Waals surface area (Å²) in [6, 6.07) is 0. The highest BCUT2D eigenvalue weighted by Crippen LogP contribution is 2.68. The van der Waals surface area contributed by atoms with E-state index in [2.05, 4.69) is 0 Å². The predicted molar refractivity (Wildman–Crippen MR) is 254 cm³/mol. The van der Waals surface area contributed by atoms with E-state index < -0.39 is 35.8 Å². The lowest BCUT2D eigenvalue weighted by Crippen LogP contribution is -2.39. The van der Waals surface area contributed by atoms with Crippen LogP contribution in [0, 0.1) is 88.8 Å². The Bertz CT molecular complexity index is 1460. The largest absolute Gasteiger partial charge is 0.481 e. The van der Waals surface area contributed by atoms with Crippen molar-refractivity contribution < 1.29 is 52.8 Å². The fourth-order valence-electron chi connectivity index (χ4n) is 14.0. The van der Waals surface area contributed by atoms with Crippen LogP contribution in [-0.4, -0.2) is 73.1 Å². The molecule has 372 valence electrons. The fraction of sp³-hybridized carbons (Fsp3) is 0.904. The number of rotatable bonds is 11. The van der Waals surface area contributed by atoms with Crippen LogP contribution in [0.15, 0.2) is 0 Å². The lowest BCUT2D eigenvalue weighted by molar-refractivity contribution is -0.167. The van der Waals surface area contributed by atoms with Gasteiger partial charge in [0.2, 0.25) is 0 Å². The number of hydrogen-bond donors (Lipinski definition) is 1. The molecule has 1 N–H and O–H groups in total. The Morgan fingerprint density at radius 2 is 1.27 bits per heavy atom. The van der Waals surface area contributed by atoms with E-state index in [0.29, 0.717) is 24.4 Å². The number of hydrogen-bond acceptors (Lipinski definition) is 10. The maximum Gasteiger partial charge on any atom is 0.309 e. The average molecular weight is 899 g/mol. The van der Waals surface area contributed by atoms with Crippen LogP contribution in [0.25, 0.3) is 0 Å². The summed E-state index contributed by atoms with van der Waals surface area (Å²) in [7, 11) is 1.35. The molecular formula is C52H98O11. The van der Waals surface area contributed by atoms with E-state index in [-0.39, 0.29) is 128 Å². The van der Waals surface area contributed by atoms with E-state index in [1.807, 2.05) is 13.8 Å². The van der Waals surface area contributed by atoms with Gasteiger partial charge in [0.15, 0.2) is 0 Å². The molecule has 0 spiro atoms. The summed E-state index contributed by atoms with van der Waals surface area (Å²) in [5, 5.41) is 7.42. The minimum Gasteiger partial charge on any atom is -0.481 e. The molecule has 11 nitrogen and oxygen atoms in total. The number of carboxylic acid groups (broad SMARTS) is 1. The second kappa shape index (κ2) is 25.3. The molecule has 8 saturated carbocycles. The maximum atomic E-state index is 13.3. The van der Waals surface area contributed by atoms with Crippen LogP contribution in [0.4, 0.5) is 0 Å². The molecule has 0 aromatic heterocycles. The summed E-state index contributed by atoms with van der Waals surface area (Å²) in [5.74, 6) is 4.46. The molecule has 19 unspecified atom stereocenters.